The molecule has 0 aromatic rings. The molecule has 0 aromatic heterocycles. The van der Waals surface area contributed by atoms with Crippen LogP contribution in [0.2, 0.25) is 0 Å². The Labute approximate surface area is 59.9 Å². The predicted molar refractivity (Wildman–Crippen MR) is 36.0 cm³/mol. The molecule has 1 unspecified atom stereocenters. The maximum atomic E-state index is 10.3. The lowest BCUT2D eigenvalue weighted by Gasteiger charge is -2.09. The fourth-order valence-corrected chi connectivity index (χ4v) is 1.01. The maximum absolute atomic E-state index is 10.3. The minimum absolute atomic E-state index is 0.210. The third kappa shape index (κ3) is 3.11. The van der Waals surface area contributed by atoms with Gasteiger partial charge in [-0.05, 0) is 6.92 Å². The van der Waals surface area contributed by atoms with Gasteiger partial charge in [0.2, 0.25) is 0 Å². The van der Waals surface area contributed by atoms with Crippen LogP contribution in [0.3, 0.4) is 0 Å². The van der Waals surface area contributed by atoms with Gasteiger partial charge >= 0.3 is 0 Å². The monoisotopic (exact) mass is 169 g/mol. The smallest absolute Gasteiger partial charge is 0.293 e. The number of rotatable bonds is 4. The zero-order valence-corrected chi connectivity index (χ0v) is 6.47. The normalized spacial score (nSPS) is 15.1. The van der Waals surface area contributed by atoms with Crippen molar-refractivity contribution < 1.29 is 17.7 Å². The highest BCUT2D eigenvalue weighted by Crippen LogP contribution is 1.97. The van der Waals surface area contributed by atoms with Gasteiger partial charge in [0.1, 0.15) is 0 Å². The summed E-state index contributed by atoms with van der Waals surface area (Å²) in [5.41, 5.74) is 3.70. The van der Waals surface area contributed by atoms with Crippen LogP contribution in [0.1, 0.15) is 6.92 Å². The van der Waals surface area contributed by atoms with Gasteiger partial charge in [0.05, 0.1) is 0 Å². The zero-order chi connectivity index (χ0) is 8.20. The van der Waals surface area contributed by atoms with Gasteiger partial charge in [0, 0.05) is 13.2 Å². The fraction of sp³-hybridized carbons (Fsp3) is 1.00. The Kier molecular flexibility index (Phi) is 3.80. The molecule has 3 N–H and O–H groups in total. The molecule has 5 nitrogen and oxygen atoms in total. The maximum Gasteiger partial charge on any atom is 0.293 e. The molecular weight excluding hydrogens is 158 g/mol. The molecule has 0 aromatic carbocycles. The highest BCUT2D eigenvalue weighted by molar-refractivity contribution is 7.86. The number of hydrogen-bond donors (Lipinski definition) is 2. The van der Waals surface area contributed by atoms with E-state index in [0.717, 1.165) is 0 Å². The standard InChI is InChI=1S/C4H11NO4S/c1-2-9-4(3-5)10(6,7)8/h4H,2-3,5H2,1H3,(H,6,7,8). The van der Waals surface area contributed by atoms with Gasteiger partial charge in [0.15, 0.2) is 5.44 Å². The minimum atomic E-state index is -4.12. The first kappa shape index (κ1) is 9.83. The Morgan fingerprint density at radius 1 is 1.70 bits per heavy atom. The molecule has 0 radical (unpaired) electrons. The van der Waals surface area contributed by atoms with Crippen molar-refractivity contribution in [2.75, 3.05) is 13.2 Å². The summed E-state index contributed by atoms with van der Waals surface area (Å²) in [5, 5.41) is 0. The van der Waals surface area contributed by atoms with Crippen molar-refractivity contribution in [2.24, 2.45) is 5.73 Å². The summed E-state index contributed by atoms with van der Waals surface area (Å²) < 4.78 is 33.6. The summed E-state index contributed by atoms with van der Waals surface area (Å²) >= 11 is 0. The summed E-state index contributed by atoms with van der Waals surface area (Å²) in [6.45, 7) is 1.60. The van der Waals surface area contributed by atoms with Crippen molar-refractivity contribution in [2.45, 2.75) is 12.4 Å². The van der Waals surface area contributed by atoms with Gasteiger partial charge in [-0.2, -0.15) is 8.42 Å². The van der Waals surface area contributed by atoms with Crippen molar-refractivity contribution >= 4 is 10.1 Å². The number of ether oxygens (including phenoxy) is 1. The van der Waals surface area contributed by atoms with Crippen LogP contribution in [0, 0.1) is 0 Å². The van der Waals surface area contributed by atoms with E-state index in [1.54, 1.807) is 6.92 Å². The largest absolute Gasteiger partial charge is 0.359 e. The predicted octanol–water partition coefficient (Wildman–Crippen LogP) is -0.804. The number of nitrogens with two attached hydrogens (primary N) is 1. The molecule has 62 valence electrons. The molecule has 0 fully saturated rings. The van der Waals surface area contributed by atoms with Gasteiger partial charge in [-0.1, -0.05) is 0 Å². The highest BCUT2D eigenvalue weighted by Gasteiger charge is 2.20. The van der Waals surface area contributed by atoms with Crippen LogP contribution in [-0.4, -0.2) is 31.6 Å². The van der Waals surface area contributed by atoms with Crippen LogP contribution >= 0.6 is 0 Å². The lowest BCUT2D eigenvalue weighted by molar-refractivity contribution is 0.115. The zero-order valence-electron chi connectivity index (χ0n) is 5.65. The van der Waals surface area contributed by atoms with E-state index in [2.05, 4.69) is 4.74 Å². The highest BCUT2D eigenvalue weighted by atomic mass is 32.2. The molecule has 6 heteroatoms. The van der Waals surface area contributed by atoms with E-state index in [0.29, 0.717) is 0 Å². The first-order valence-corrected chi connectivity index (χ1v) is 4.30. The molecule has 0 heterocycles. The molecule has 0 aliphatic rings. The summed E-state index contributed by atoms with van der Waals surface area (Å²) in [4.78, 5) is 0. The molecule has 0 aliphatic carbocycles. The van der Waals surface area contributed by atoms with E-state index < -0.39 is 15.6 Å². The van der Waals surface area contributed by atoms with Gasteiger partial charge in [-0.15, -0.1) is 0 Å². The summed E-state index contributed by atoms with van der Waals surface area (Å²) in [5.74, 6) is 0. The SMILES string of the molecule is CCOC(CN)S(=O)(=O)O. The summed E-state index contributed by atoms with van der Waals surface area (Å²) in [6.07, 6.45) is 0. The van der Waals surface area contributed by atoms with Crippen LogP contribution in [0.15, 0.2) is 0 Å². The summed E-state index contributed by atoms with van der Waals surface area (Å²) in [6, 6.07) is 0. The molecule has 0 bridgehead atoms. The Bertz CT molecular complexity index is 176. The van der Waals surface area contributed by atoms with Gasteiger partial charge in [0.25, 0.3) is 10.1 Å². The molecule has 0 amide bonds. The molecule has 10 heavy (non-hydrogen) atoms. The van der Waals surface area contributed by atoms with E-state index in [9.17, 15) is 8.42 Å². The van der Waals surface area contributed by atoms with Crippen molar-refractivity contribution in [3.8, 4) is 0 Å². The van der Waals surface area contributed by atoms with Crippen molar-refractivity contribution in [3.63, 3.8) is 0 Å². The second-order valence-electron chi connectivity index (χ2n) is 1.64. The second-order valence-corrected chi connectivity index (χ2v) is 3.19. The number of hydrogen-bond acceptors (Lipinski definition) is 4. The third-order valence-corrected chi connectivity index (χ3v) is 1.87. The summed E-state index contributed by atoms with van der Waals surface area (Å²) in [7, 11) is -4.12. The van der Waals surface area contributed by atoms with E-state index >= 15 is 0 Å². The van der Waals surface area contributed by atoms with Gasteiger partial charge < -0.3 is 10.5 Å². The lowest BCUT2D eigenvalue weighted by atomic mass is 10.7. The van der Waals surface area contributed by atoms with E-state index in [1.165, 1.54) is 0 Å². The van der Waals surface area contributed by atoms with E-state index in [1.807, 2.05) is 0 Å². The molecule has 1 atom stereocenters. The van der Waals surface area contributed by atoms with E-state index in [4.69, 9.17) is 10.3 Å². The lowest BCUT2D eigenvalue weighted by Crippen LogP contribution is -2.31. The Hall–Kier alpha value is -0.170. The fourth-order valence-electron chi connectivity index (χ4n) is 0.462. The topological polar surface area (TPSA) is 89.6 Å². The molecule has 0 saturated heterocycles. The minimum Gasteiger partial charge on any atom is -0.359 e. The van der Waals surface area contributed by atoms with Crippen LogP contribution < -0.4 is 5.73 Å². The quantitative estimate of drug-likeness (QED) is 0.537. The van der Waals surface area contributed by atoms with Gasteiger partial charge in [-0.25, -0.2) is 0 Å². The van der Waals surface area contributed by atoms with Crippen molar-refractivity contribution in [1.29, 1.82) is 0 Å². The first-order chi connectivity index (χ1) is 4.52. The Balaban J connectivity index is 4.08. The molecule has 0 spiro atoms. The molecule has 0 aliphatic heterocycles. The van der Waals surface area contributed by atoms with Crippen LogP contribution in [0.25, 0.3) is 0 Å². The van der Waals surface area contributed by atoms with Crippen molar-refractivity contribution in [3.05, 3.63) is 0 Å². The molecule has 0 saturated carbocycles. The van der Waals surface area contributed by atoms with Crippen LogP contribution in [0.5, 0.6) is 0 Å². The average Bonchev–Trinajstić information content (AvgIpc) is 1.80. The molecule has 0 rings (SSSR count). The third-order valence-electron chi connectivity index (χ3n) is 0.877. The average molecular weight is 169 g/mol. The second kappa shape index (κ2) is 3.87. The van der Waals surface area contributed by atoms with Crippen LogP contribution in [-0.2, 0) is 14.9 Å². The Morgan fingerprint density at radius 3 is 2.30 bits per heavy atom. The first-order valence-electron chi connectivity index (χ1n) is 2.80. The molecular formula is C4H11NO4S. The van der Waals surface area contributed by atoms with Gasteiger partial charge in [-0.3, -0.25) is 4.55 Å². The Morgan fingerprint density at radius 2 is 2.20 bits per heavy atom. The van der Waals surface area contributed by atoms with Crippen LogP contribution in [0.4, 0.5) is 0 Å². The van der Waals surface area contributed by atoms with Crippen molar-refractivity contribution in [1.82, 2.24) is 0 Å². The van der Waals surface area contributed by atoms with E-state index in [-0.39, 0.29) is 13.2 Å².